The topological polar surface area (TPSA) is 69.6 Å². The minimum atomic E-state index is -0.735. The highest BCUT2D eigenvalue weighted by atomic mass is 19.1. The third kappa shape index (κ3) is 3.82. The van der Waals surface area contributed by atoms with Gasteiger partial charge in [-0.05, 0) is 50.5 Å². The zero-order valence-corrected chi connectivity index (χ0v) is 12.8. The Morgan fingerprint density at radius 2 is 2.18 bits per heavy atom. The molecule has 0 bridgehead atoms. The van der Waals surface area contributed by atoms with Crippen LogP contribution in [0.15, 0.2) is 18.2 Å². The molecule has 2 atom stereocenters. The van der Waals surface area contributed by atoms with Gasteiger partial charge in [0.05, 0.1) is 6.10 Å². The summed E-state index contributed by atoms with van der Waals surface area (Å²) in [6.07, 6.45) is 1.11. The number of nitrogens with zero attached hydrogens (tertiary/aromatic N) is 1. The van der Waals surface area contributed by atoms with E-state index in [1.165, 1.54) is 23.1 Å². The molecule has 2 unspecified atom stereocenters. The van der Waals surface area contributed by atoms with E-state index < -0.39 is 23.7 Å². The fraction of sp³-hybridized carbons (Fsp3) is 0.500. The highest BCUT2D eigenvalue weighted by molar-refractivity contribution is 6.39. The first-order valence-corrected chi connectivity index (χ1v) is 7.43. The average molecular weight is 308 g/mol. The number of hydrogen-bond donors (Lipinski definition) is 2. The zero-order valence-electron chi connectivity index (χ0n) is 12.8. The number of likely N-dealkylation sites (tertiary alicyclic amines) is 1. The lowest BCUT2D eigenvalue weighted by Gasteiger charge is -2.33. The van der Waals surface area contributed by atoms with E-state index in [2.05, 4.69) is 5.32 Å². The van der Waals surface area contributed by atoms with Gasteiger partial charge in [-0.25, -0.2) is 4.39 Å². The molecule has 1 fully saturated rings. The van der Waals surface area contributed by atoms with E-state index in [0.29, 0.717) is 24.3 Å². The lowest BCUT2D eigenvalue weighted by molar-refractivity contribution is -0.144. The summed E-state index contributed by atoms with van der Waals surface area (Å²) in [7, 11) is 0. The molecule has 1 aliphatic rings. The molecule has 120 valence electrons. The van der Waals surface area contributed by atoms with Crippen LogP contribution in [-0.4, -0.2) is 41.0 Å². The first-order valence-electron chi connectivity index (χ1n) is 7.43. The van der Waals surface area contributed by atoms with Crippen molar-refractivity contribution in [2.45, 2.75) is 32.8 Å². The molecule has 2 amide bonds. The smallest absolute Gasteiger partial charge is 0.313 e. The van der Waals surface area contributed by atoms with E-state index in [4.69, 9.17) is 0 Å². The normalized spacial score (nSPS) is 19.6. The lowest BCUT2D eigenvalue weighted by Crippen LogP contribution is -2.47. The summed E-state index contributed by atoms with van der Waals surface area (Å²) in [6, 6.07) is 3.96. The van der Waals surface area contributed by atoms with E-state index >= 15 is 0 Å². The van der Waals surface area contributed by atoms with E-state index in [1.807, 2.05) is 0 Å². The van der Waals surface area contributed by atoms with Crippen molar-refractivity contribution in [2.24, 2.45) is 5.92 Å². The number of aliphatic hydroxyl groups is 1. The average Bonchev–Trinajstić information content (AvgIpc) is 2.49. The summed E-state index contributed by atoms with van der Waals surface area (Å²) in [5.74, 6) is -1.74. The molecule has 1 aliphatic heterocycles. The number of anilines is 1. The van der Waals surface area contributed by atoms with Crippen molar-refractivity contribution >= 4 is 17.5 Å². The molecule has 2 N–H and O–H groups in total. The van der Waals surface area contributed by atoms with Gasteiger partial charge in [-0.3, -0.25) is 9.59 Å². The van der Waals surface area contributed by atoms with Crippen molar-refractivity contribution in [1.82, 2.24) is 4.90 Å². The fourth-order valence-corrected chi connectivity index (χ4v) is 2.67. The number of amides is 2. The van der Waals surface area contributed by atoms with Crippen molar-refractivity contribution in [3.63, 3.8) is 0 Å². The van der Waals surface area contributed by atoms with E-state index in [0.717, 1.165) is 12.8 Å². The van der Waals surface area contributed by atoms with Crippen LogP contribution in [0.5, 0.6) is 0 Å². The van der Waals surface area contributed by atoms with Crippen LogP contribution in [0.3, 0.4) is 0 Å². The van der Waals surface area contributed by atoms with Crippen LogP contribution >= 0.6 is 0 Å². The maximum atomic E-state index is 13.0. The number of carbonyl (C=O) groups excluding carboxylic acids is 2. The Morgan fingerprint density at radius 1 is 1.45 bits per heavy atom. The second-order valence-corrected chi connectivity index (χ2v) is 5.81. The Kier molecular flexibility index (Phi) is 5.13. The number of aryl methyl sites for hydroxylation is 1. The summed E-state index contributed by atoms with van der Waals surface area (Å²) < 4.78 is 13.0. The third-order valence-corrected chi connectivity index (χ3v) is 4.06. The summed E-state index contributed by atoms with van der Waals surface area (Å²) in [6.45, 7) is 4.25. The van der Waals surface area contributed by atoms with Gasteiger partial charge in [-0.2, -0.15) is 0 Å². The van der Waals surface area contributed by atoms with Crippen LogP contribution in [0.2, 0.25) is 0 Å². The van der Waals surface area contributed by atoms with Gasteiger partial charge < -0.3 is 15.3 Å². The second-order valence-electron chi connectivity index (χ2n) is 5.81. The Hall–Kier alpha value is -1.95. The van der Waals surface area contributed by atoms with E-state index in [9.17, 15) is 19.1 Å². The molecule has 22 heavy (non-hydrogen) atoms. The van der Waals surface area contributed by atoms with Crippen molar-refractivity contribution in [2.75, 3.05) is 18.4 Å². The number of piperidine rings is 1. The molecule has 1 saturated heterocycles. The molecule has 1 heterocycles. The molecule has 0 aromatic heterocycles. The van der Waals surface area contributed by atoms with Crippen molar-refractivity contribution < 1.29 is 19.1 Å². The van der Waals surface area contributed by atoms with Gasteiger partial charge in [-0.15, -0.1) is 0 Å². The number of hydrogen-bond acceptors (Lipinski definition) is 3. The molecule has 0 saturated carbocycles. The standard InChI is InChI=1S/C16H21FN2O3/c1-10-8-13(17)5-6-14(10)18-15(21)16(22)19-7-3-4-12(9-19)11(2)20/h5-6,8,11-12,20H,3-4,7,9H2,1-2H3,(H,18,21). The Bertz CT molecular complexity index is 575. The molecule has 5 nitrogen and oxygen atoms in total. The molecule has 1 aromatic rings. The van der Waals surface area contributed by atoms with Gasteiger partial charge in [0.15, 0.2) is 0 Å². The fourth-order valence-electron chi connectivity index (χ4n) is 2.67. The van der Waals surface area contributed by atoms with Crippen LogP contribution in [0.4, 0.5) is 10.1 Å². The molecular formula is C16H21FN2O3. The van der Waals surface area contributed by atoms with E-state index in [-0.39, 0.29) is 5.92 Å². The van der Waals surface area contributed by atoms with Gasteiger partial charge in [-0.1, -0.05) is 0 Å². The largest absolute Gasteiger partial charge is 0.393 e. The van der Waals surface area contributed by atoms with E-state index in [1.54, 1.807) is 13.8 Å². The highest BCUT2D eigenvalue weighted by Gasteiger charge is 2.29. The van der Waals surface area contributed by atoms with Gasteiger partial charge in [0.25, 0.3) is 0 Å². The summed E-state index contributed by atoms with van der Waals surface area (Å²) in [5.41, 5.74) is 0.977. The Morgan fingerprint density at radius 3 is 2.82 bits per heavy atom. The van der Waals surface area contributed by atoms with Crippen molar-refractivity contribution in [3.05, 3.63) is 29.6 Å². The molecule has 6 heteroatoms. The monoisotopic (exact) mass is 308 g/mol. The van der Waals surface area contributed by atoms with Gasteiger partial charge in [0.1, 0.15) is 5.82 Å². The first kappa shape index (κ1) is 16.4. The zero-order chi connectivity index (χ0) is 16.3. The molecule has 0 aliphatic carbocycles. The number of benzene rings is 1. The number of halogens is 1. The molecule has 0 spiro atoms. The predicted octanol–water partition coefficient (Wildman–Crippen LogP) is 1.69. The van der Waals surface area contributed by atoms with Crippen molar-refractivity contribution in [1.29, 1.82) is 0 Å². The third-order valence-electron chi connectivity index (χ3n) is 4.06. The minimum Gasteiger partial charge on any atom is -0.393 e. The summed E-state index contributed by atoms with van der Waals surface area (Å²) in [5, 5.41) is 12.2. The number of carbonyl (C=O) groups is 2. The summed E-state index contributed by atoms with van der Waals surface area (Å²) in [4.78, 5) is 25.7. The van der Waals surface area contributed by atoms with Crippen LogP contribution in [0, 0.1) is 18.7 Å². The van der Waals surface area contributed by atoms with Crippen LogP contribution in [-0.2, 0) is 9.59 Å². The van der Waals surface area contributed by atoms with Crippen LogP contribution in [0.1, 0.15) is 25.3 Å². The number of aliphatic hydroxyl groups excluding tert-OH is 1. The van der Waals surface area contributed by atoms with Gasteiger partial charge >= 0.3 is 11.8 Å². The van der Waals surface area contributed by atoms with Gasteiger partial charge in [0.2, 0.25) is 0 Å². The first-order chi connectivity index (χ1) is 10.4. The maximum Gasteiger partial charge on any atom is 0.313 e. The van der Waals surface area contributed by atoms with Crippen LogP contribution in [0.25, 0.3) is 0 Å². The minimum absolute atomic E-state index is 0.00180. The number of rotatable bonds is 2. The number of nitrogens with one attached hydrogen (secondary N) is 1. The van der Waals surface area contributed by atoms with Gasteiger partial charge in [0, 0.05) is 24.7 Å². The predicted molar refractivity (Wildman–Crippen MR) is 80.8 cm³/mol. The Balaban J connectivity index is 2.01. The molecule has 1 aromatic carbocycles. The second kappa shape index (κ2) is 6.87. The molecule has 0 radical (unpaired) electrons. The molecule has 2 rings (SSSR count). The SMILES string of the molecule is Cc1cc(F)ccc1NC(=O)C(=O)N1CCCC(C(C)O)C1. The Labute approximate surface area is 129 Å². The maximum absolute atomic E-state index is 13.0. The van der Waals surface area contributed by atoms with Crippen molar-refractivity contribution in [3.8, 4) is 0 Å². The highest BCUT2D eigenvalue weighted by Crippen LogP contribution is 2.20. The lowest BCUT2D eigenvalue weighted by atomic mass is 9.93. The molecular weight excluding hydrogens is 287 g/mol. The van der Waals surface area contributed by atoms with Crippen LogP contribution < -0.4 is 5.32 Å². The summed E-state index contributed by atoms with van der Waals surface area (Å²) >= 11 is 0. The quantitative estimate of drug-likeness (QED) is 0.817.